The van der Waals surface area contributed by atoms with Crippen LogP contribution in [0.4, 0.5) is 0 Å². The zero-order valence-corrected chi connectivity index (χ0v) is 16.6. The zero-order chi connectivity index (χ0) is 19.8. The molecule has 0 radical (unpaired) electrons. The lowest BCUT2D eigenvalue weighted by Gasteiger charge is -2.24. The molecule has 2 aliphatic rings. The average Bonchev–Trinajstić information content (AvgIpc) is 3.22. The number of rotatable bonds is 3. The van der Waals surface area contributed by atoms with Crippen molar-refractivity contribution >= 4 is 22.0 Å². The molecule has 0 spiro atoms. The van der Waals surface area contributed by atoms with Crippen molar-refractivity contribution in [3.63, 3.8) is 0 Å². The Bertz CT molecular complexity index is 925. The molecule has 3 atom stereocenters. The van der Waals surface area contributed by atoms with Gasteiger partial charge in [0.15, 0.2) is 9.84 Å². The fourth-order valence-corrected chi connectivity index (χ4v) is 6.74. The standard InChI is InChI=1S/C17H24N4O2S.CH2O2/c1-12-4-5-17-18-13(8-21(17)6-12)7-20-9-14-15(19(2)3)11-24(22,23)16(14)10-20;2-1-3/h4-6,8,14-16H,7,9-11H2,1-3H3;1H,(H,2,3)/t14-,15+,16-;/m0./s1. The van der Waals surface area contributed by atoms with E-state index in [9.17, 15) is 8.42 Å². The number of nitrogens with zero attached hydrogens (tertiary/aromatic N) is 4. The molecule has 2 aliphatic heterocycles. The summed E-state index contributed by atoms with van der Waals surface area (Å²) < 4.78 is 27.0. The molecular weight excluding hydrogens is 368 g/mol. The van der Waals surface area contributed by atoms with Crippen LogP contribution in [0.2, 0.25) is 0 Å². The van der Waals surface area contributed by atoms with Gasteiger partial charge in [-0.2, -0.15) is 0 Å². The predicted octanol–water partition coefficient (Wildman–Crippen LogP) is 0.503. The highest BCUT2D eigenvalue weighted by atomic mass is 32.2. The highest BCUT2D eigenvalue weighted by Crippen LogP contribution is 2.36. The first-order chi connectivity index (χ1) is 12.7. The van der Waals surface area contributed by atoms with Crippen LogP contribution in [0.5, 0.6) is 0 Å². The summed E-state index contributed by atoms with van der Waals surface area (Å²) in [5, 5.41) is 6.67. The number of carboxylic acid groups (broad SMARTS) is 1. The fraction of sp³-hybridized carbons (Fsp3) is 0.556. The van der Waals surface area contributed by atoms with Crippen LogP contribution in [0, 0.1) is 12.8 Å². The number of imidazole rings is 1. The Morgan fingerprint density at radius 2 is 2.00 bits per heavy atom. The maximum absolute atomic E-state index is 12.5. The van der Waals surface area contributed by atoms with Gasteiger partial charge in [-0.25, -0.2) is 13.4 Å². The molecule has 0 aliphatic carbocycles. The van der Waals surface area contributed by atoms with Gasteiger partial charge in [-0.1, -0.05) is 6.07 Å². The summed E-state index contributed by atoms with van der Waals surface area (Å²) in [7, 11) is 0.981. The number of likely N-dealkylation sites (tertiary alicyclic amines) is 1. The molecule has 148 valence electrons. The Morgan fingerprint density at radius 1 is 1.30 bits per heavy atom. The minimum atomic E-state index is -2.98. The topological polar surface area (TPSA) is 95.2 Å². The molecule has 2 saturated heterocycles. The Balaban J connectivity index is 0.000000659. The lowest BCUT2D eigenvalue weighted by atomic mass is 10.00. The number of fused-ring (bicyclic) bond motifs is 2. The summed E-state index contributed by atoms with van der Waals surface area (Å²) in [6, 6.07) is 4.21. The molecule has 0 aromatic carbocycles. The first-order valence-corrected chi connectivity index (χ1v) is 10.6. The monoisotopic (exact) mass is 394 g/mol. The molecule has 4 rings (SSSR count). The summed E-state index contributed by atoms with van der Waals surface area (Å²) in [6.07, 6.45) is 4.12. The fourth-order valence-electron chi connectivity index (χ4n) is 4.24. The van der Waals surface area contributed by atoms with Gasteiger partial charge in [0.25, 0.3) is 6.47 Å². The third-order valence-electron chi connectivity index (χ3n) is 5.44. The summed E-state index contributed by atoms with van der Waals surface area (Å²) >= 11 is 0. The van der Waals surface area contributed by atoms with Crippen LogP contribution in [-0.4, -0.2) is 83.4 Å². The molecule has 2 aromatic rings. The quantitative estimate of drug-likeness (QED) is 0.758. The Hall–Kier alpha value is -1.97. The van der Waals surface area contributed by atoms with Crippen LogP contribution in [0.1, 0.15) is 11.3 Å². The third-order valence-corrected chi connectivity index (χ3v) is 7.67. The second-order valence-electron chi connectivity index (χ2n) is 7.57. The van der Waals surface area contributed by atoms with Crippen molar-refractivity contribution in [2.45, 2.75) is 24.8 Å². The summed E-state index contributed by atoms with van der Waals surface area (Å²) in [6.45, 7) is 3.99. The van der Waals surface area contributed by atoms with E-state index in [1.165, 1.54) is 5.56 Å². The van der Waals surface area contributed by atoms with E-state index in [2.05, 4.69) is 34.0 Å². The Morgan fingerprint density at radius 3 is 2.67 bits per heavy atom. The molecule has 0 saturated carbocycles. The molecule has 0 bridgehead atoms. The Kier molecular flexibility index (Phi) is 5.55. The van der Waals surface area contributed by atoms with Gasteiger partial charge in [0, 0.05) is 44.0 Å². The first kappa shape index (κ1) is 19.8. The largest absolute Gasteiger partial charge is 0.483 e. The number of sulfone groups is 1. The lowest BCUT2D eigenvalue weighted by molar-refractivity contribution is -0.122. The first-order valence-electron chi connectivity index (χ1n) is 8.87. The minimum absolute atomic E-state index is 0.133. The van der Waals surface area contributed by atoms with Gasteiger partial charge in [0.1, 0.15) is 5.65 Å². The second kappa shape index (κ2) is 7.57. The molecule has 2 fully saturated rings. The van der Waals surface area contributed by atoms with E-state index < -0.39 is 9.84 Å². The smallest absolute Gasteiger partial charge is 0.290 e. The molecular formula is C18H26N4O4S. The number of hydrogen-bond donors (Lipinski definition) is 1. The van der Waals surface area contributed by atoms with Gasteiger partial charge >= 0.3 is 0 Å². The van der Waals surface area contributed by atoms with E-state index in [0.717, 1.165) is 17.9 Å². The van der Waals surface area contributed by atoms with Crippen LogP contribution >= 0.6 is 0 Å². The highest BCUT2D eigenvalue weighted by molar-refractivity contribution is 7.92. The molecule has 2 aromatic heterocycles. The number of hydrogen-bond acceptors (Lipinski definition) is 6. The van der Waals surface area contributed by atoms with E-state index in [1.807, 2.05) is 30.8 Å². The highest BCUT2D eigenvalue weighted by Gasteiger charge is 2.52. The van der Waals surface area contributed by atoms with Crippen LogP contribution in [0.3, 0.4) is 0 Å². The van der Waals surface area contributed by atoms with E-state index in [1.54, 1.807) is 0 Å². The summed E-state index contributed by atoms with van der Waals surface area (Å²) in [5.74, 6) is 0.515. The SMILES string of the molecule is Cc1ccc2nc(CN3C[C@H]4[C@H](N(C)C)CS(=O)(=O)[C@H]4C3)cn2c1.O=CO. The van der Waals surface area contributed by atoms with Gasteiger partial charge in [0.05, 0.1) is 16.7 Å². The molecule has 1 N–H and O–H groups in total. The van der Waals surface area contributed by atoms with Crippen molar-refractivity contribution in [2.24, 2.45) is 5.92 Å². The summed E-state index contributed by atoms with van der Waals surface area (Å²) in [4.78, 5) is 17.3. The van der Waals surface area contributed by atoms with Crippen LogP contribution in [-0.2, 0) is 21.2 Å². The van der Waals surface area contributed by atoms with E-state index >= 15 is 0 Å². The van der Waals surface area contributed by atoms with Crippen molar-refractivity contribution in [1.29, 1.82) is 0 Å². The van der Waals surface area contributed by atoms with Crippen molar-refractivity contribution in [1.82, 2.24) is 19.2 Å². The molecule has 8 nitrogen and oxygen atoms in total. The number of carbonyl (C=O) groups is 1. The molecule has 9 heteroatoms. The predicted molar refractivity (Wildman–Crippen MR) is 102 cm³/mol. The van der Waals surface area contributed by atoms with Crippen LogP contribution in [0.25, 0.3) is 5.65 Å². The molecule has 0 amide bonds. The molecule has 27 heavy (non-hydrogen) atoms. The van der Waals surface area contributed by atoms with Crippen molar-refractivity contribution in [2.75, 3.05) is 32.9 Å². The van der Waals surface area contributed by atoms with Crippen molar-refractivity contribution in [3.05, 3.63) is 35.8 Å². The minimum Gasteiger partial charge on any atom is -0.483 e. The van der Waals surface area contributed by atoms with Crippen molar-refractivity contribution in [3.8, 4) is 0 Å². The second-order valence-corrected chi connectivity index (χ2v) is 9.83. The third kappa shape index (κ3) is 3.99. The normalized spacial score (nSPS) is 26.7. The van der Waals surface area contributed by atoms with E-state index in [0.29, 0.717) is 18.8 Å². The van der Waals surface area contributed by atoms with Gasteiger partial charge in [-0.05, 0) is 32.6 Å². The maximum Gasteiger partial charge on any atom is 0.290 e. The van der Waals surface area contributed by atoms with E-state index in [4.69, 9.17) is 9.90 Å². The van der Waals surface area contributed by atoms with Gasteiger partial charge < -0.3 is 14.4 Å². The Labute approximate surface area is 159 Å². The average molecular weight is 394 g/mol. The van der Waals surface area contributed by atoms with Gasteiger partial charge in [0.2, 0.25) is 0 Å². The molecule has 0 unspecified atom stereocenters. The zero-order valence-electron chi connectivity index (χ0n) is 15.8. The molecule has 4 heterocycles. The number of aryl methyl sites for hydroxylation is 1. The van der Waals surface area contributed by atoms with Crippen molar-refractivity contribution < 1.29 is 18.3 Å². The number of aromatic nitrogens is 2. The van der Waals surface area contributed by atoms with Gasteiger partial charge in [-0.3, -0.25) is 9.69 Å². The van der Waals surface area contributed by atoms with Crippen LogP contribution < -0.4 is 0 Å². The number of pyridine rings is 1. The maximum atomic E-state index is 12.5. The van der Waals surface area contributed by atoms with Gasteiger partial charge in [-0.15, -0.1) is 0 Å². The van der Waals surface area contributed by atoms with E-state index in [-0.39, 0.29) is 23.7 Å². The van der Waals surface area contributed by atoms with Crippen LogP contribution in [0.15, 0.2) is 24.5 Å². The summed E-state index contributed by atoms with van der Waals surface area (Å²) in [5.41, 5.74) is 3.13. The lowest BCUT2D eigenvalue weighted by Crippen LogP contribution is -2.37.